The van der Waals surface area contributed by atoms with Crippen LogP contribution in [-0.4, -0.2) is 43.3 Å². The van der Waals surface area contributed by atoms with Gasteiger partial charge in [-0.1, -0.05) is 88.9 Å². The van der Waals surface area contributed by atoms with E-state index >= 15 is 0 Å². The number of nitrogens with zero attached hydrogens (tertiary/aromatic N) is 2. The van der Waals surface area contributed by atoms with E-state index in [1.165, 1.54) is 17.0 Å². The highest BCUT2D eigenvalue weighted by Gasteiger charge is 2.35. The van der Waals surface area contributed by atoms with E-state index in [1.54, 1.807) is 54.6 Å². The van der Waals surface area contributed by atoms with Crippen molar-refractivity contribution in [3.05, 3.63) is 129 Å². The number of aryl methyl sites for hydroxylation is 1. The van der Waals surface area contributed by atoms with Crippen LogP contribution in [0, 0.1) is 6.92 Å². The zero-order valence-electron chi connectivity index (χ0n) is 26.0. The van der Waals surface area contributed by atoms with E-state index in [-0.39, 0.29) is 34.5 Å². The highest BCUT2D eigenvalue weighted by Crippen LogP contribution is 2.28. The molecule has 0 aliphatic carbocycles. The lowest BCUT2D eigenvalue weighted by molar-refractivity contribution is -0.140. The van der Waals surface area contributed by atoms with Gasteiger partial charge in [0, 0.05) is 23.5 Å². The maximum absolute atomic E-state index is 14.5. The Morgan fingerprint density at radius 1 is 0.804 bits per heavy atom. The predicted octanol–water partition coefficient (Wildman–Crippen LogP) is 7.71. The zero-order valence-corrected chi connectivity index (χ0v) is 29.1. The van der Waals surface area contributed by atoms with Gasteiger partial charge in [-0.3, -0.25) is 13.9 Å². The molecule has 0 aliphatic rings. The first-order valence-corrected chi connectivity index (χ1v) is 17.2. The summed E-state index contributed by atoms with van der Waals surface area (Å²) in [5, 5.41) is 4.04. The number of rotatable bonds is 11. The first-order chi connectivity index (χ1) is 21.6. The average Bonchev–Trinajstić information content (AvgIpc) is 2.99. The first-order valence-electron chi connectivity index (χ1n) is 14.6. The van der Waals surface area contributed by atoms with Gasteiger partial charge in [0.25, 0.3) is 10.0 Å². The standard InChI is InChI=1S/C35H36Cl3N3O4S/c1-24-10-17-29(18-11-24)46(44,45)41(28-15-13-27(36)14-16-28)23-33(42)40(22-26-12-19-30(37)31(38)20-26)32(34(43)39-35(2,3)4)21-25-8-6-5-7-9-25/h5-20,32H,21-23H2,1-4H3,(H,39,43)/t32-/m1/s1. The lowest BCUT2D eigenvalue weighted by Gasteiger charge is -2.35. The number of carbonyl (C=O) groups excluding carboxylic acids is 2. The largest absolute Gasteiger partial charge is 0.350 e. The van der Waals surface area contributed by atoms with Crippen LogP contribution in [-0.2, 0) is 32.6 Å². The van der Waals surface area contributed by atoms with Crippen LogP contribution in [0.2, 0.25) is 15.1 Å². The van der Waals surface area contributed by atoms with Gasteiger partial charge >= 0.3 is 0 Å². The van der Waals surface area contributed by atoms with Crippen molar-refractivity contribution in [2.75, 3.05) is 10.8 Å². The number of nitrogens with one attached hydrogen (secondary N) is 1. The molecule has 4 rings (SSSR count). The second-order valence-corrected chi connectivity index (χ2v) is 15.1. The number of sulfonamides is 1. The smallest absolute Gasteiger partial charge is 0.264 e. The molecule has 46 heavy (non-hydrogen) atoms. The summed E-state index contributed by atoms with van der Waals surface area (Å²) in [6.07, 6.45) is 0.182. The van der Waals surface area contributed by atoms with Gasteiger partial charge in [0.15, 0.2) is 0 Å². The minimum absolute atomic E-state index is 0.0168. The van der Waals surface area contributed by atoms with E-state index in [4.69, 9.17) is 34.8 Å². The summed E-state index contributed by atoms with van der Waals surface area (Å²) in [6, 6.07) is 25.9. The van der Waals surface area contributed by atoms with E-state index in [0.717, 1.165) is 15.4 Å². The Kier molecular flexibility index (Phi) is 11.4. The third-order valence-corrected chi connectivity index (χ3v) is 9.89. The molecule has 4 aromatic rings. The Morgan fingerprint density at radius 3 is 2.02 bits per heavy atom. The van der Waals surface area contributed by atoms with Crippen LogP contribution >= 0.6 is 34.8 Å². The number of carbonyl (C=O) groups is 2. The van der Waals surface area contributed by atoms with Crippen LogP contribution in [0.3, 0.4) is 0 Å². The van der Waals surface area contributed by atoms with Gasteiger partial charge in [0.1, 0.15) is 12.6 Å². The van der Waals surface area contributed by atoms with E-state index in [0.29, 0.717) is 15.6 Å². The van der Waals surface area contributed by atoms with Gasteiger partial charge < -0.3 is 10.2 Å². The molecule has 0 aromatic heterocycles. The minimum atomic E-state index is -4.23. The summed E-state index contributed by atoms with van der Waals surface area (Å²) in [5.41, 5.74) is 1.96. The molecule has 0 heterocycles. The molecule has 2 amide bonds. The summed E-state index contributed by atoms with van der Waals surface area (Å²) in [6.45, 7) is 6.79. The number of hydrogen-bond donors (Lipinski definition) is 1. The van der Waals surface area contributed by atoms with Crippen LogP contribution in [0.25, 0.3) is 0 Å². The quantitative estimate of drug-likeness (QED) is 0.174. The van der Waals surface area contributed by atoms with Crippen LogP contribution in [0.15, 0.2) is 102 Å². The molecular weight excluding hydrogens is 665 g/mol. The summed E-state index contributed by atoms with van der Waals surface area (Å²) in [7, 11) is -4.23. The topological polar surface area (TPSA) is 86.8 Å². The normalized spacial score (nSPS) is 12.3. The van der Waals surface area contributed by atoms with Crippen molar-refractivity contribution in [3.63, 3.8) is 0 Å². The number of anilines is 1. The molecule has 0 bridgehead atoms. The molecule has 242 valence electrons. The number of benzene rings is 4. The minimum Gasteiger partial charge on any atom is -0.350 e. The Balaban J connectivity index is 1.83. The first kappa shape index (κ1) is 35.3. The lowest BCUT2D eigenvalue weighted by atomic mass is 10.0. The Hall–Kier alpha value is -3.56. The van der Waals surface area contributed by atoms with Crippen LogP contribution in [0.1, 0.15) is 37.5 Å². The zero-order chi connectivity index (χ0) is 33.6. The fraction of sp³-hybridized carbons (Fsp3) is 0.257. The second-order valence-electron chi connectivity index (χ2n) is 12.0. The highest BCUT2D eigenvalue weighted by molar-refractivity contribution is 7.92. The molecule has 11 heteroatoms. The maximum Gasteiger partial charge on any atom is 0.264 e. The molecule has 0 spiro atoms. The monoisotopic (exact) mass is 699 g/mol. The summed E-state index contributed by atoms with van der Waals surface area (Å²) >= 11 is 18.7. The number of hydrogen-bond acceptors (Lipinski definition) is 4. The van der Waals surface area contributed by atoms with Crippen molar-refractivity contribution >= 4 is 62.3 Å². The van der Waals surface area contributed by atoms with Crippen molar-refractivity contribution in [1.29, 1.82) is 0 Å². The predicted molar refractivity (Wildman–Crippen MR) is 186 cm³/mol. The third kappa shape index (κ3) is 9.26. The molecule has 0 fully saturated rings. The van der Waals surface area contributed by atoms with Gasteiger partial charge in [0.05, 0.1) is 20.6 Å². The molecular formula is C35H36Cl3N3O4S. The summed E-state index contributed by atoms with van der Waals surface area (Å²) in [4.78, 5) is 29.9. The molecule has 0 unspecified atom stereocenters. The average molecular weight is 701 g/mol. The van der Waals surface area contributed by atoms with E-state index in [9.17, 15) is 18.0 Å². The Bertz CT molecular complexity index is 1780. The van der Waals surface area contributed by atoms with Crippen molar-refractivity contribution in [2.45, 2.75) is 57.1 Å². The molecule has 1 N–H and O–H groups in total. The van der Waals surface area contributed by atoms with Crippen molar-refractivity contribution in [2.24, 2.45) is 0 Å². The molecule has 1 atom stereocenters. The molecule has 0 aliphatic heterocycles. The van der Waals surface area contributed by atoms with Gasteiger partial charge in [-0.2, -0.15) is 0 Å². The van der Waals surface area contributed by atoms with Crippen molar-refractivity contribution in [3.8, 4) is 0 Å². The van der Waals surface area contributed by atoms with Gasteiger partial charge in [0.2, 0.25) is 11.8 Å². The van der Waals surface area contributed by atoms with Crippen molar-refractivity contribution < 1.29 is 18.0 Å². The molecule has 4 aromatic carbocycles. The fourth-order valence-electron chi connectivity index (χ4n) is 4.82. The van der Waals surface area contributed by atoms with E-state index < -0.39 is 34.1 Å². The molecule has 0 saturated heterocycles. The lowest BCUT2D eigenvalue weighted by Crippen LogP contribution is -2.56. The second kappa shape index (κ2) is 14.9. The Morgan fingerprint density at radius 2 is 1.43 bits per heavy atom. The summed E-state index contributed by atoms with van der Waals surface area (Å²) < 4.78 is 29.3. The number of amides is 2. The van der Waals surface area contributed by atoms with Crippen LogP contribution in [0.5, 0.6) is 0 Å². The maximum atomic E-state index is 14.5. The highest BCUT2D eigenvalue weighted by atomic mass is 35.5. The van der Waals surface area contributed by atoms with Gasteiger partial charge in [-0.05, 0) is 87.4 Å². The third-order valence-electron chi connectivity index (χ3n) is 7.11. The summed E-state index contributed by atoms with van der Waals surface area (Å²) in [5.74, 6) is -0.981. The van der Waals surface area contributed by atoms with Crippen molar-refractivity contribution in [1.82, 2.24) is 10.2 Å². The van der Waals surface area contributed by atoms with Crippen LogP contribution in [0.4, 0.5) is 5.69 Å². The molecule has 0 saturated carbocycles. The van der Waals surface area contributed by atoms with Gasteiger partial charge in [-0.15, -0.1) is 0 Å². The van der Waals surface area contributed by atoms with E-state index in [2.05, 4.69) is 5.32 Å². The molecule has 7 nitrogen and oxygen atoms in total. The Labute approximate surface area is 286 Å². The van der Waals surface area contributed by atoms with Crippen LogP contribution < -0.4 is 9.62 Å². The van der Waals surface area contributed by atoms with E-state index in [1.807, 2.05) is 58.0 Å². The SMILES string of the molecule is Cc1ccc(S(=O)(=O)N(CC(=O)N(Cc2ccc(Cl)c(Cl)c2)[C@H](Cc2ccccc2)C(=O)NC(C)(C)C)c2ccc(Cl)cc2)cc1. The fourth-order valence-corrected chi connectivity index (χ4v) is 6.68. The molecule has 0 radical (unpaired) electrons. The van der Waals surface area contributed by atoms with Gasteiger partial charge in [-0.25, -0.2) is 8.42 Å². The number of halogens is 3.